The molecule has 0 aliphatic heterocycles. The minimum absolute atomic E-state index is 0.207. The van der Waals surface area contributed by atoms with E-state index in [1.54, 1.807) is 0 Å². The lowest BCUT2D eigenvalue weighted by Gasteiger charge is -2.00. The van der Waals surface area contributed by atoms with Gasteiger partial charge in [0.2, 0.25) is 0 Å². The lowest BCUT2D eigenvalue weighted by molar-refractivity contribution is 0.148. The van der Waals surface area contributed by atoms with Crippen molar-refractivity contribution >= 4 is 22.6 Å². The second-order valence-corrected chi connectivity index (χ2v) is 3.24. The molecule has 1 fully saturated rings. The van der Waals surface area contributed by atoms with Gasteiger partial charge < -0.3 is 5.11 Å². The van der Waals surface area contributed by atoms with Gasteiger partial charge in [-0.3, -0.25) is 0 Å². The van der Waals surface area contributed by atoms with Gasteiger partial charge in [0.25, 0.3) is 0 Å². The van der Waals surface area contributed by atoms with Gasteiger partial charge in [0.15, 0.2) is 0 Å². The van der Waals surface area contributed by atoms with Crippen molar-refractivity contribution in [3.63, 3.8) is 0 Å². The van der Waals surface area contributed by atoms with E-state index in [1.165, 1.54) is 0 Å². The van der Waals surface area contributed by atoms with Crippen LogP contribution < -0.4 is 0 Å². The maximum Gasteiger partial charge on any atom is 0.0657 e. The van der Waals surface area contributed by atoms with Crippen molar-refractivity contribution < 1.29 is 5.11 Å². The first-order valence-corrected chi connectivity index (χ1v) is 4.08. The van der Waals surface area contributed by atoms with Crippen LogP contribution in [0.1, 0.15) is 19.3 Å². The van der Waals surface area contributed by atoms with Gasteiger partial charge in [-0.05, 0) is 19.3 Å². The van der Waals surface area contributed by atoms with Gasteiger partial charge in [0, 0.05) is 4.43 Å². The zero-order chi connectivity index (χ0) is 5.33. The van der Waals surface area contributed by atoms with Crippen LogP contribution in [0.2, 0.25) is 0 Å². The summed E-state index contributed by atoms with van der Waals surface area (Å²) < 4.78 is 1.09. The first kappa shape index (κ1) is 5.82. The number of hydrogen-bond acceptors (Lipinski definition) is 1. The van der Waals surface area contributed by atoms with Gasteiger partial charge in [0.1, 0.15) is 0 Å². The largest absolute Gasteiger partial charge is 0.390 e. The first-order chi connectivity index (χ1) is 3.27. The average Bonchev–Trinajstić information content (AvgIpc) is 2.22. The van der Waals surface area contributed by atoms with Crippen molar-refractivity contribution in [2.24, 2.45) is 0 Å². The summed E-state index contributed by atoms with van der Waals surface area (Å²) in [7, 11) is 0. The van der Waals surface area contributed by atoms with E-state index >= 15 is 0 Å². The van der Waals surface area contributed by atoms with Crippen LogP contribution >= 0.6 is 22.6 Å². The Bertz CT molecular complexity index is 68.5. The molecule has 7 heavy (non-hydrogen) atoms. The fraction of sp³-hybridized carbons (Fsp3) is 1.00. The summed E-state index contributed by atoms with van der Waals surface area (Å²) in [6.45, 7) is 0. The summed E-state index contributed by atoms with van der Waals surface area (Å²) >= 11 is 2.29. The normalized spacial score (nSPS) is 24.9. The van der Waals surface area contributed by atoms with E-state index in [0.29, 0.717) is 0 Å². The van der Waals surface area contributed by atoms with Crippen LogP contribution in [0.4, 0.5) is 0 Å². The average molecular weight is 212 g/mol. The molecule has 0 amide bonds. The quantitative estimate of drug-likeness (QED) is 0.540. The molecule has 1 N–H and O–H groups in total. The highest BCUT2D eigenvalue weighted by atomic mass is 127. The molecule has 42 valence electrons. The fourth-order valence-corrected chi connectivity index (χ4v) is 1.57. The lowest BCUT2D eigenvalue weighted by Crippen LogP contribution is -2.05. The molecule has 0 spiro atoms. The van der Waals surface area contributed by atoms with Crippen LogP contribution in [0.3, 0.4) is 0 Å². The summed E-state index contributed by atoms with van der Waals surface area (Å²) in [5, 5.41) is 9.12. The summed E-state index contributed by atoms with van der Waals surface area (Å²) in [4.78, 5) is 0. The van der Waals surface area contributed by atoms with Crippen molar-refractivity contribution in [2.75, 3.05) is 4.43 Å². The molecule has 0 saturated heterocycles. The van der Waals surface area contributed by atoms with Crippen LogP contribution in [0.5, 0.6) is 0 Å². The highest BCUT2D eigenvalue weighted by Gasteiger charge is 2.38. The van der Waals surface area contributed by atoms with E-state index in [2.05, 4.69) is 22.6 Å². The molecule has 1 aliphatic rings. The van der Waals surface area contributed by atoms with Crippen LogP contribution in [-0.2, 0) is 0 Å². The zero-order valence-electron chi connectivity index (χ0n) is 4.15. The van der Waals surface area contributed by atoms with E-state index < -0.39 is 0 Å². The monoisotopic (exact) mass is 212 g/mol. The van der Waals surface area contributed by atoms with E-state index in [0.717, 1.165) is 23.7 Å². The third-order valence-electron chi connectivity index (χ3n) is 1.39. The molecule has 0 unspecified atom stereocenters. The molecular weight excluding hydrogens is 203 g/mol. The SMILES string of the molecule is OC1(CCI)CC1. The maximum atomic E-state index is 9.12. The number of rotatable bonds is 2. The van der Waals surface area contributed by atoms with Gasteiger partial charge in [-0.2, -0.15) is 0 Å². The van der Waals surface area contributed by atoms with Crippen molar-refractivity contribution in [3.8, 4) is 0 Å². The molecular formula is C5H9IO. The predicted octanol–water partition coefficient (Wildman–Crippen LogP) is 1.34. The second kappa shape index (κ2) is 1.90. The Morgan fingerprint density at radius 3 is 2.29 bits per heavy atom. The van der Waals surface area contributed by atoms with E-state index in [1.807, 2.05) is 0 Å². The number of hydrogen-bond donors (Lipinski definition) is 1. The standard InChI is InChI=1S/C5H9IO/c6-4-3-5(7)1-2-5/h7H,1-4H2. The topological polar surface area (TPSA) is 20.2 Å². The molecule has 0 aromatic rings. The Balaban J connectivity index is 2.13. The Hall–Kier alpha value is 0.690. The van der Waals surface area contributed by atoms with Crippen molar-refractivity contribution in [1.82, 2.24) is 0 Å². The van der Waals surface area contributed by atoms with Gasteiger partial charge in [-0.1, -0.05) is 22.6 Å². The number of alkyl halides is 1. The first-order valence-electron chi connectivity index (χ1n) is 2.55. The van der Waals surface area contributed by atoms with Crippen LogP contribution in [0, 0.1) is 0 Å². The third-order valence-corrected chi connectivity index (χ3v) is 1.93. The van der Waals surface area contributed by atoms with E-state index in [-0.39, 0.29) is 5.60 Å². The smallest absolute Gasteiger partial charge is 0.0657 e. The van der Waals surface area contributed by atoms with Crippen molar-refractivity contribution in [3.05, 3.63) is 0 Å². The van der Waals surface area contributed by atoms with Crippen LogP contribution in [0.25, 0.3) is 0 Å². The van der Waals surface area contributed by atoms with Crippen molar-refractivity contribution in [2.45, 2.75) is 24.9 Å². The summed E-state index contributed by atoms with van der Waals surface area (Å²) in [5.41, 5.74) is -0.207. The summed E-state index contributed by atoms with van der Waals surface area (Å²) in [6, 6.07) is 0. The molecule has 1 rings (SSSR count). The molecule has 1 saturated carbocycles. The molecule has 0 aromatic carbocycles. The molecule has 1 aliphatic carbocycles. The minimum atomic E-state index is -0.207. The van der Waals surface area contributed by atoms with E-state index in [9.17, 15) is 0 Å². The third kappa shape index (κ3) is 1.57. The highest BCUT2D eigenvalue weighted by molar-refractivity contribution is 14.1. The molecule has 0 aromatic heterocycles. The van der Waals surface area contributed by atoms with Crippen molar-refractivity contribution in [1.29, 1.82) is 0 Å². The van der Waals surface area contributed by atoms with Crippen LogP contribution in [0.15, 0.2) is 0 Å². The molecule has 0 atom stereocenters. The Morgan fingerprint density at radius 2 is 2.14 bits per heavy atom. The maximum absolute atomic E-state index is 9.12. The molecule has 0 bridgehead atoms. The van der Waals surface area contributed by atoms with E-state index in [4.69, 9.17) is 5.11 Å². The zero-order valence-corrected chi connectivity index (χ0v) is 6.31. The predicted molar refractivity (Wildman–Crippen MR) is 37.7 cm³/mol. The summed E-state index contributed by atoms with van der Waals surface area (Å²) in [5.74, 6) is 0. The molecule has 0 radical (unpaired) electrons. The lowest BCUT2D eigenvalue weighted by atomic mass is 10.3. The molecule has 0 heterocycles. The Morgan fingerprint density at radius 1 is 1.57 bits per heavy atom. The second-order valence-electron chi connectivity index (χ2n) is 2.16. The van der Waals surface area contributed by atoms with Gasteiger partial charge >= 0.3 is 0 Å². The van der Waals surface area contributed by atoms with Crippen LogP contribution in [-0.4, -0.2) is 15.1 Å². The number of aliphatic hydroxyl groups is 1. The van der Waals surface area contributed by atoms with Gasteiger partial charge in [-0.15, -0.1) is 0 Å². The number of halogens is 1. The van der Waals surface area contributed by atoms with Gasteiger partial charge in [-0.25, -0.2) is 0 Å². The highest BCUT2D eigenvalue weighted by Crippen LogP contribution is 2.38. The fourth-order valence-electron chi connectivity index (χ4n) is 0.570. The van der Waals surface area contributed by atoms with Gasteiger partial charge in [0.05, 0.1) is 5.60 Å². The Kier molecular flexibility index (Phi) is 1.58. The Labute approximate surface area is 57.2 Å². The summed E-state index contributed by atoms with van der Waals surface area (Å²) in [6.07, 6.45) is 3.07. The molecule has 2 heteroatoms. The minimum Gasteiger partial charge on any atom is -0.390 e. The molecule has 1 nitrogen and oxygen atoms in total.